The first-order valence-corrected chi connectivity index (χ1v) is 9.13. The highest BCUT2D eigenvalue weighted by molar-refractivity contribution is 5.89. The minimum Gasteiger partial charge on any atom is -0.465 e. The van der Waals surface area contributed by atoms with Crippen molar-refractivity contribution in [3.63, 3.8) is 0 Å². The summed E-state index contributed by atoms with van der Waals surface area (Å²) in [6.07, 6.45) is -4.33. The van der Waals surface area contributed by atoms with Crippen LogP contribution in [0.3, 0.4) is 0 Å². The van der Waals surface area contributed by atoms with Crippen molar-refractivity contribution in [1.29, 1.82) is 0 Å². The highest BCUT2D eigenvalue weighted by atomic mass is 19.4. The molecule has 0 spiro atoms. The Kier molecular flexibility index (Phi) is 6.77. The Bertz CT molecular complexity index is 999. The molecule has 2 heterocycles. The summed E-state index contributed by atoms with van der Waals surface area (Å²) in [5.41, 5.74) is -0.687. The van der Waals surface area contributed by atoms with E-state index in [2.05, 4.69) is 25.3 Å². The van der Waals surface area contributed by atoms with Gasteiger partial charge in [-0.1, -0.05) is 0 Å². The molecule has 0 unspecified atom stereocenters. The normalized spacial score (nSPS) is 14.5. The van der Waals surface area contributed by atoms with E-state index in [1.165, 1.54) is 0 Å². The van der Waals surface area contributed by atoms with Gasteiger partial charge in [0.25, 0.3) is 0 Å². The van der Waals surface area contributed by atoms with Gasteiger partial charge in [-0.3, -0.25) is 15.4 Å². The minimum atomic E-state index is -4.97. The van der Waals surface area contributed by atoms with Crippen molar-refractivity contribution in [2.24, 2.45) is 0 Å². The fraction of sp³-hybridized carbons (Fsp3) is 0.353. The van der Waals surface area contributed by atoms with Crippen molar-refractivity contribution in [1.82, 2.24) is 9.97 Å². The largest absolute Gasteiger partial charge is 0.573 e. The average molecular weight is 458 g/mol. The molecule has 0 aliphatic carbocycles. The van der Waals surface area contributed by atoms with Gasteiger partial charge >= 0.3 is 18.1 Å². The van der Waals surface area contributed by atoms with Crippen LogP contribution in [-0.4, -0.2) is 51.7 Å². The minimum absolute atomic E-state index is 0.102. The number of aromatic nitrogens is 2. The first-order chi connectivity index (χ1) is 15.1. The van der Waals surface area contributed by atoms with Crippen LogP contribution in [-0.2, 0) is 4.74 Å². The first-order valence-electron chi connectivity index (χ1n) is 9.13. The zero-order valence-corrected chi connectivity index (χ0v) is 16.2. The molecule has 0 radical (unpaired) electrons. The molecule has 172 valence electrons. The molecule has 1 amide bonds. The van der Waals surface area contributed by atoms with Crippen LogP contribution < -0.4 is 20.7 Å². The summed E-state index contributed by atoms with van der Waals surface area (Å²) in [4.78, 5) is 29.5. The summed E-state index contributed by atoms with van der Waals surface area (Å²) in [5.74, 6) is -0.948. The van der Waals surface area contributed by atoms with Gasteiger partial charge < -0.3 is 25.2 Å². The van der Waals surface area contributed by atoms with Crippen LogP contribution in [0.1, 0.15) is 12.8 Å². The first kappa shape index (κ1) is 22.8. The number of hydrogen-bond donors (Lipinski definition) is 4. The predicted octanol–water partition coefficient (Wildman–Crippen LogP) is 3.71. The van der Waals surface area contributed by atoms with Gasteiger partial charge in [-0.05, 0) is 25.0 Å². The van der Waals surface area contributed by atoms with Crippen molar-refractivity contribution in [2.75, 3.05) is 29.2 Å². The predicted molar refractivity (Wildman–Crippen MR) is 104 cm³/mol. The standard InChI is InChI=1S/C17H17F3N6O6/c18-17(19,20)32-10-1-2-11(24-16(27)28)12(7-10)23-15-21-8-13(26(29)30)14(25-15)22-9-3-5-31-6-4-9/h1-2,7-9,24H,3-6H2,(H,27,28)(H2,21,22,23,25). The van der Waals surface area contributed by atoms with Gasteiger partial charge in [-0.25, -0.2) is 9.78 Å². The second-order valence-corrected chi connectivity index (χ2v) is 6.53. The number of nitro groups is 1. The summed E-state index contributed by atoms with van der Waals surface area (Å²) in [6.45, 7) is 0.940. The number of carbonyl (C=O) groups is 1. The van der Waals surface area contributed by atoms with Gasteiger partial charge in [0.1, 0.15) is 11.9 Å². The Balaban J connectivity index is 1.91. The molecule has 0 atom stereocenters. The number of ether oxygens (including phenoxy) is 2. The van der Waals surface area contributed by atoms with Gasteiger partial charge in [0.05, 0.1) is 16.3 Å². The van der Waals surface area contributed by atoms with Crippen LogP contribution in [0.4, 0.5) is 46.8 Å². The Hall–Kier alpha value is -3.88. The summed E-state index contributed by atoms with van der Waals surface area (Å²) >= 11 is 0. The molecule has 4 N–H and O–H groups in total. The lowest BCUT2D eigenvalue weighted by molar-refractivity contribution is -0.384. The SMILES string of the molecule is O=C(O)Nc1ccc(OC(F)(F)F)cc1Nc1ncc([N+](=O)[O-])c(NC2CCOCC2)n1. The molecule has 1 saturated heterocycles. The Morgan fingerprint density at radius 1 is 1.28 bits per heavy atom. The highest BCUT2D eigenvalue weighted by Gasteiger charge is 2.31. The zero-order valence-electron chi connectivity index (χ0n) is 16.2. The van der Waals surface area contributed by atoms with Crippen molar-refractivity contribution >= 4 is 34.9 Å². The number of amides is 1. The molecule has 1 aliphatic heterocycles. The maximum absolute atomic E-state index is 12.5. The summed E-state index contributed by atoms with van der Waals surface area (Å²) in [6, 6.07) is 2.70. The van der Waals surface area contributed by atoms with Gasteiger partial charge in [-0.2, -0.15) is 4.98 Å². The number of carboxylic acid groups (broad SMARTS) is 1. The van der Waals surface area contributed by atoms with Gasteiger partial charge in [-0.15, -0.1) is 13.2 Å². The molecule has 1 aliphatic rings. The van der Waals surface area contributed by atoms with Crippen molar-refractivity contribution < 1.29 is 37.5 Å². The van der Waals surface area contributed by atoms with Gasteiger partial charge in [0.15, 0.2) is 0 Å². The van der Waals surface area contributed by atoms with E-state index >= 15 is 0 Å². The van der Waals surface area contributed by atoms with E-state index in [1.54, 1.807) is 0 Å². The lowest BCUT2D eigenvalue weighted by Gasteiger charge is -2.23. The molecular formula is C17H17F3N6O6. The molecule has 0 bridgehead atoms. The summed E-state index contributed by atoms with van der Waals surface area (Å²) < 4.78 is 46.7. The Labute approximate surface area is 177 Å². The summed E-state index contributed by atoms with van der Waals surface area (Å²) in [5, 5.41) is 27.8. The fourth-order valence-electron chi connectivity index (χ4n) is 2.88. The van der Waals surface area contributed by atoms with E-state index in [9.17, 15) is 28.1 Å². The molecule has 12 nitrogen and oxygen atoms in total. The molecular weight excluding hydrogens is 441 g/mol. The van der Waals surface area contributed by atoms with E-state index in [-0.39, 0.29) is 29.2 Å². The zero-order chi connectivity index (χ0) is 23.3. The third kappa shape index (κ3) is 6.31. The van der Waals surface area contributed by atoms with E-state index in [4.69, 9.17) is 9.84 Å². The van der Waals surface area contributed by atoms with E-state index < -0.39 is 28.8 Å². The van der Waals surface area contributed by atoms with Crippen molar-refractivity contribution in [2.45, 2.75) is 25.2 Å². The monoisotopic (exact) mass is 458 g/mol. The number of nitrogens with one attached hydrogen (secondary N) is 3. The van der Waals surface area contributed by atoms with Crippen LogP contribution >= 0.6 is 0 Å². The topological polar surface area (TPSA) is 161 Å². The highest BCUT2D eigenvalue weighted by Crippen LogP contribution is 2.33. The molecule has 15 heteroatoms. The maximum Gasteiger partial charge on any atom is 0.573 e. The van der Waals surface area contributed by atoms with Crippen LogP contribution in [0.15, 0.2) is 24.4 Å². The summed E-state index contributed by atoms with van der Waals surface area (Å²) in [7, 11) is 0. The Morgan fingerprint density at radius 3 is 2.62 bits per heavy atom. The van der Waals surface area contributed by atoms with Crippen LogP contribution in [0.25, 0.3) is 0 Å². The van der Waals surface area contributed by atoms with Gasteiger partial charge in [0, 0.05) is 25.3 Å². The van der Waals surface area contributed by atoms with Crippen LogP contribution in [0, 0.1) is 10.1 Å². The number of nitrogens with zero attached hydrogens (tertiary/aromatic N) is 3. The Morgan fingerprint density at radius 2 is 2.00 bits per heavy atom. The molecule has 0 saturated carbocycles. The molecule has 32 heavy (non-hydrogen) atoms. The smallest absolute Gasteiger partial charge is 0.465 e. The third-order valence-corrected chi connectivity index (χ3v) is 4.24. The fourth-order valence-corrected chi connectivity index (χ4v) is 2.88. The third-order valence-electron chi connectivity index (χ3n) is 4.24. The van der Waals surface area contributed by atoms with E-state index in [0.29, 0.717) is 26.1 Å². The van der Waals surface area contributed by atoms with Crippen LogP contribution in [0.5, 0.6) is 5.75 Å². The van der Waals surface area contributed by atoms with Crippen molar-refractivity contribution in [3.8, 4) is 5.75 Å². The average Bonchev–Trinajstić information content (AvgIpc) is 2.69. The number of alkyl halides is 3. The van der Waals surface area contributed by atoms with Crippen molar-refractivity contribution in [3.05, 3.63) is 34.5 Å². The molecule has 1 aromatic heterocycles. The number of benzene rings is 1. The number of hydrogen-bond acceptors (Lipinski definition) is 9. The second kappa shape index (κ2) is 9.51. The number of anilines is 4. The number of halogens is 3. The second-order valence-electron chi connectivity index (χ2n) is 6.53. The lowest BCUT2D eigenvalue weighted by atomic mass is 10.1. The quantitative estimate of drug-likeness (QED) is 0.356. The van der Waals surface area contributed by atoms with Gasteiger partial charge in [0.2, 0.25) is 11.8 Å². The maximum atomic E-state index is 12.5. The van der Waals surface area contributed by atoms with Crippen LogP contribution in [0.2, 0.25) is 0 Å². The molecule has 1 fully saturated rings. The molecule has 1 aromatic carbocycles. The number of rotatable bonds is 7. The van der Waals surface area contributed by atoms with E-state index in [1.807, 2.05) is 5.32 Å². The molecule has 2 aromatic rings. The molecule has 3 rings (SSSR count). The van der Waals surface area contributed by atoms with E-state index in [0.717, 1.165) is 24.4 Å². The lowest BCUT2D eigenvalue weighted by Crippen LogP contribution is -2.28.